The Labute approximate surface area is 239 Å². The summed E-state index contributed by atoms with van der Waals surface area (Å²) in [5.41, 5.74) is 5.47. The third-order valence-corrected chi connectivity index (χ3v) is 5.50. The second-order valence-electron chi connectivity index (χ2n) is 10.7. The number of aromatic hydroxyl groups is 1. The number of aliphatic carboxylic acids is 1. The number of hydrogen-bond acceptors (Lipinski definition) is 2. The first-order valence-corrected chi connectivity index (χ1v) is 12.7. The summed E-state index contributed by atoms with van der Waals surface area (Å²) in [6.45, 7) is 14.9. The summed E-state index contributed by atoms with van der Waals surface area (Å²) in [4.78, 5) is 10.1. The summed E-state index contributed by atoms with van der Waals surface area (Å²) >= 11 is 5.54. The highest BCUT2D eigenvalue weighted by atomic mass is 79.9. The van der Waals surface area contributed by atoms with Crippen molar-refractivity contribution >= 4 is 40.6 Å². The van der Waals surface area contributed by atoms with E-state index >= 15 is 0 Å². The average molecular weight is 590 g/mol. The van der Waals surface area contributed by atoms with Crippen LogP contribution in [0.4, 0.5) is 0 Å². The molecule has 0 saturated carbocycles. The summed E-state index contributed by atoms with van der Waals surface area (Å²) in [5, 5.41) is 18.7. The fourth-order valence-electron chi connectivity index (χ4n) is 3.41. The first-order valence-electron chi connectivity index (χ1n) is 12.2. The van der Waals surface area contributed by atoms with E-state index in [0.717, 1.165) is 29.2 Å². The van der Waals surface area contributed by atoms with Crippen molar-refractivity contribution in [1.29, 1.82) is 0 Å². The topological polar surface area (TPSA) is 57.5 Å². The van der Waals surface area contributed by atoms with Gasteiger partial charge < -0.3 is 10.2 Å². The lowest BCUT2D eigenvalue weighted by atomic mass is 9.78. The Balaban J connectivity index is 0.000000542. The lowest BCUT2D eigenvalue weighted by Gasteiger charge is -2.27. The van der Waals surface area contributed by atoms with Crippen LogP contribution in [0.25, 0.3) is 6.08 Å². The normalized spacial score (nSPS) is 10.9. The minimum atomic E-state index is -0.922. The third kappa shape index (κ3) is 13.5. The Bertz CT molecular complexity index is 1060. The molecule has 0 aliphatic carbocycles. The van der Waals surface area contributed by atoms with Gasteiger partial charge in [0, 0.05) is 12.0 Å². The van der Waals surface area contributed by atoms with E-state index in [1.54, 1.807) is 6.08 Å². The van der Waals surface area contributed by atoms with Crippen LogP contribution in [-0.2, 0) is 22.0 Å². The van der Waals surface area contributed by atoms with Crippen LogP contribution in [0.2, 0.25) is 0 Å². The van der Waals surface area contributed by atoms with Crippen LogP contribution < -0.4 is 0 Å². The predicted molar refractivity (Wildman–Crippen MR) is 165 cm³/mol. The zero-order chi connectivity index (χ0) is 27.4. The molecule has 0 atom stereocenters. The first kappa shape index (κ1) is 34.4. The molecular weight excluding hydrogens is 548 g/mol. The molecule has 0 unspecified atom stereocenters. The molecule has 3 rings (SSSR count). The molecule has 0 aromatic heterocycles. The molecule has 0 fully saturated rings. The van der Waals surface area contributed by atoms with E-state index in [0.29, 0.717) is 11.6 Å². The highest BCUT2D eigenvalue weighted by molar-refractivity contribution is 8.93. The van der Waals surface area contributed by atoms with E-state index in [9.17, 15) is 9.90 Å². The van der Waals surface area contributed by atoms with Crippen LogP contribution in [0.3, 0.4) is 0 Å². The third-order valence-electron chi connectivity index (χ3n) is 5.31. The van der Waals surface area contributed by atoms with Gasteiger partial charge in [0.2, 0.25) is 0 Å². The van der Waals surface area contributed by atoms with Gasteiger partial charge in [0.25, 0.3) is 0 Å². The highest BCUT2D eigenvalue weighted by Gasteiger charge is 2.25. The van der Waals surface area contributed by atoms with Gasteiger partial charge in [-0.25, -0.2) is 4.79 Å². The molecule has 0 spiro atoms. The van der Waals surface area contributed by atoms with Gasteiger partial charge in [0.15, 0.2) is 0 Å². The van der Waals surface area contributed by atoms with Gasteiger partial charge in [-0.05, 0) is 52.5 Å². The van der Waals surface area contributed by atoms with Gasteiger partial charge in [-0.15, -0.1) is 28.6 Å². The van der Waals surface area contributed by atoms with Crippen LogP contribution >= 0.6 is 28.6 Å². The number of phenols is 1. The van der Waals surface area contributed by atoms with Crippen molar-refractivity contribution in [2.45, 2.75) is 65.7 Å². The largest absolute Gasteiger partial charge is 0.507 e. The molecule has 0 aliphatic rings. The molecule has 0 aliphatic heterocycles. The molecule has 3 aromatic rings. The number of carbonyl (C=O) groups is 1. The maximum atomic E-state index is 10.4. The van der Waals surface area contributed by atoms with Crippen molar-refractivity contribution in [3.63, 3.8) is 0 Å². The van der Waals surface area contributed by atoms with Crippen molar-refractivity contribution in [2.24, 2.45) is 0 Å². The molecule has 202 valence electrons. The van der Waals surface area contributed by atoms with E-state index in [1.807, 2.05) is 48.5 Å². The summed E-state index contributed by atoms with van der Waals surface area (Å²) in [6.07, 6.45) is 3.65. The Morgan fingerprint density at radius 1 is 0.838 bits per heavy atom. The molecule has 0 heterocycles. The first-order chi connectivity index (χ1) is 16.8. The van der Waals surface area contributed by atoms with E-state index in [2.05, 4.69) is 72.7 Å². The monoisotopic (exact) mass is 588 g/mol. The molecule has 37 heavy (non-hydrogen) atoms. The van der Waals surface area contributed by atoms with Gasteiger partial charge in [-0.3, -0.25) is 0 Å². The Kier molecular flexibility index (Phi) is 15.2. The number of carboxylic acid groups (broad SMARTS) is 1. The quantitative estimate of drug-likeness (QED) is 0.236. The summed E-state index contributed by atoms with van der Waals surface area (Å²) in [5.74, 6) is 0.253. The Morgan fingerprint density at radius 2 is 1.27 bits per heavy atom. The minimum absolute atomic E-state index is 0. The molecule has 3 aromatic carbocycles. The van der Waals surface area contributed by atoms with E-state index < -0.39 is 5.97 Å². The van der Waals surface area contributed by atoms with Gasteiger partial charge in [-0.1, -0.05) is 120 Å². The predicted octanol–water partition coefficient (Wildman–Crippen LogP) is 9.13. The molecular formula is C32H42BrClO3. The SMILES string of the molecule is Br.Cc1cc(C(C)(C)C)c(O)c(C(C)(C)C)c1.ClCCc1ccccc1.O=C(O)C=Cc1ccccc1. The molecule has 0 amide bonds. The number of carboxylic acids is 1. The second kappa shape index (κ2) is 16.3. The number of alkyl halides is 1. The maximum Gasteiger partial charge on any atom is 0.328 e. The number of halogens is 2. The van der Waals surface area contributed by atoms with Crippen LogP contribution in [-0.4, -0.2) is 22.1 Å². The summed E-state index contributed by atoms with van der Waals surface area (Å²) < 4.78 is 0. The van der Waals surface area contributed by atoms with Crippen LogP contribution in [0, 0.1) is 6.92 Å². The van der Waals surface area contributed by atoms with Crippen LogP contribution in [0.15, 0.2) is 78.9 Å². The van der Waals surface area contributed by atoms with Gasteiger partial charge >= 0.3 is 5.97 Å². The molecule has 3 nitrogen and oxygen atoms in total. The number of rotatable bonds is 4. The molecule has 0 radical (unpaired) electrons. The number of benzene rings is 3. The Hall–Kier alpha value is -2.56. The van der Waals surface area contributed by atoms with E-state index in [4.69, 9.17) is 16.7 Å². The van der Waals surface area contributed by atoms with Crippen molar-refractivity contribution in [3.8, 4) is 5.75 Å². The second-order valence-corrected chi connectivity index (χ2v) is 11.1. The van der Waals surface area contributed by atoms with Crippen molar-refractivity contribution in [1.82, 2.24) is 0 Å². The maximum absolute atomic E-state index is 10.4. The smallest absolute Gasteiger partial charge is 0.328 e. The number of hydrogen-bond donors (Lipinski definition) is 2. The van der Waals surface area contributed by atoms with Gasteiger partial charge in [-0.2, -0.15) is 0 Å². The lowest BCUT2D eigenvalue weighted by molar-refractivity contribution is -0.131. The Morgan fingerprint density at radius 3 is 1.65 bits per heavy atom. The van der Waals surface area contributed by atoms with Gasteiger partial charge in [0.1, 0.15) is 5.75 Å². The van der Waals surface area contributed by atoms with Gasteiger partial charge in [0.05, 0.1) is 0 Å². The number of phenolic OH excluding ortho intramolecular Hbond substituents is 1. The summed E-state index contributed by atoms with van der Waals surface area (Å²) in [7, 11) is 0. The minimum Gasteiger partial charge on any atom is -0.507 e. The van der Waals surface area contributed by atoms with E-state index in [-0.39, 0.29) is 27.8 Å². The molecule has 2 N–H and O–H groups in total. The fraction of sp³-hybridized carbons (Fsp3) is 0.344. The standard InChI is InChI=1S/C15H24O.C9H8O2.C8H9Cl.BrH/c1-10-8-11(14(2,3)4)13(16)12(9-10)15(5,6)7;10-9(11)7-6-8-4-2-1-3-5-8;9-7-6-8-4-2-1-3-5-8;/h8-9,16H,1-7H3;1-7H,(H,10,11);1-5H,6-7H2;1H. The molecule has 5 heteroatoms. The van der Waals surface area contributed by atoms with Crippen LogP contribution in [0.1, 0.15) is 69.4 Å². The highest BCUT2D eigenvalue weighted by Crippen LogP contribution is 2.39. The van der Waals surface area contributed by atoms with E-state index in [1.165, 1.54) is 11.1 Å². The lowest BCUT2D eigenvalue weighted by Crippen LogP contribution is -2.17. The molecule has 0 saturated heterocycles. The zero-order valence-electron chi connectivity index (χ0n) is 23.1. The zero-order valence-corrected chi connectivity index (χ0v) is 25.6. The average Bonchev–Trinajstić information content (AvgIpc) is 2.80. The fourth-order valence-corrected chi connectivity index (χ4v) is 3.63. The number of aryl methyl sites for hydroxylation is 2. The van der Waals surface area contributed by atoms with Crippen molar-refractivity contribution < 1.29 is 15.0 Å². The molecule has 0 bridgehead atoms. The van der Waals surface area contributed by atoms with Crippen molar-refractivity contribution in [2.75, 3.05) is 5.88 Å². The van der Waals surface area contributed by atoms with Crippen molar-refractivity contribution in [3.05, 3.63) is 107 Å². The van der Waals surface area contributed by atoms with Crippen LogP contribution in [0.5, 0.6) is 5.75 Å². The summed E-state index contributed by atoms with van der Waals surface area (Å²) in [6, 6.07) is 23.7.